The highest BCUT2D eigenvalue weighted by molar-refractivity contribution is 5.99. The SMILES string of the molecule is O=C(NCCOc1ccc2c(c1)OCO2)Nc1cccc2cccnc12. The van der Waals surface area contributed by atoms with Gasteiger partial charge in [0.1, 0.15) is 12.4 Å². The van der Waals surface area contributed by atoms with Gasteiger partial charge in [-0.05, 0) is 24.3 Å². The van der Waals surface area contributed by atoms with Crippen molar-refractivity contribution in [3.05, 3.63) is 54.7 Å². The number of anilines is 1. The molecule has 0 bridgehead atoms. The fraction of sp³-hybridized carbons (Fsp3) is 0.158. The van der Waals surface area contributed by atoms with Gasteiger partial charge in [0, 0.05) is 17.6 Å². The predicted octanol–water partition coefficient (Wildman–Crippen LogP) is 3.16. The van der Waals surface area contributed by atoms with Crippen molar-refractivity contribution in [1.82, 2.24) is 10.3 Å². The molecule has 1 aliphatic heterocycles. The zero-order valence-corrected chi connectivity index (χ0v) is 13.9. The summed E-state index contributed by atoms with van der Waals surface area (Å²) in [6, 6.07) is 14.5. The normalized spacial score (nSPS) is 12.0. The van der Waals surface area contributed by atoms with Crippen LogP contribution in [0.1, 0.15) is 0 Å². The molecule has 0 radical (unpaired) electrons. The molecular weight excluding hydrogens is 334 g/mol. The minimum absolute atomic E-state index is 0.226. The van der Waals surface area contributed by atoms with E-state index in [1.807, 2.05) is 30.3 Å². The van der Waals surface area contributed by atoms with E-state index in [-0.39, 0.29) is 12.8 Å². The van der Waals surface area contributed by atoms with E-state index in [2.05, 4.69) is 15.6 Å². The molecule has 0 saturated carbocycles. The number of amides is 2. The molecule has 1 aliphatic rings. The number of nitrogens with zero attached hydrogens (tertiary/aromatic N) is 1. The van der Waals surface area contributed by atoms with Crippen molar-refractivity contribution in [2.24, 2.45) is 0 Å². The number of carbonyl (C=O) groups is 1. The zero-order valence-electron chi connectivity index (χ0n) is 13.9. The number of urea groups is 1. The van der Waals surface area contributed by atoms with Crippen LogP contribution in [0.5, 0.6) is 17.2 Å². The van der Waals surface area contributed by atoms with Crippen molar-refractivity contribution in [2.75, 3.05) is 25.3 Å². The predicted molar refractivity (Wildman–Crippen MR) is 96.8 cm³/mol. The van der Waals surface area contributed by atoms with Crippen LogP contribution in [0.15, 0.2) is 54.7 Å². The van der Waals surface area contributed by atoms with Gasteiger partial charge in [-0.2, -0.15) is 0 Å². The lowest BCUT2D eigenvalue weighted by atomic mass is 10.2. The zero-order chi connectivity index (χ0) is 17.8. The topological polar surface area (TPSA) is 81.7 Å². The molecule has 2 aromatic carbocycles. The lowest BCUT2D eigenvalue weighted by Crippen LogP contribution is -2.32. The average molecular weight is 351 g/mol. The van der Waals surface area contributed by atoms with E-state index >= 15 is 0 Å². The molecule has 0 spiro atoms. The quantitative estimate of drug-likeness (QED) is 0.690. The Morgan fingerprint density at radius 1 is 1.12 bits per heavy atom. The fourth-order valence-corrected chi connectivity index (χ4v) is 2.67. The molecule has 2 amide bonds. The highest BCUT2D eigenvalue weighted by Gasteiger charge is 2.13. The molecular formula is C19H17N3O4. The largest absolute Gasteiger partial charge is 0.492 e. The highest BCUT2D eigenvalue weighted by atomic mass is 16.7. The van der Waals surface area contributed by atoms with E-state index in [0.717, 1.165) is 10.9 Å². The third kappa shape index (κ3) is 3.46. The average Bonchev–Trinajstić information content (AvgIpc) is 3.13. The molecule has 0 unspecified atom stereocenters. The van der Waals surface area contributed by atoms with Gasteiger partial charge in [0.15, 0.2) is 11.5 Å². The number of hydrogen-bond donors (Lipinski definition) is 2. The van der Waals surface area contributed by atoms with Gasteiger partial charge < -0.3 is 24.8 Å². The molecule has 0 saturated heterocycles. The summed E-state index contributed by atoms with van der Waals surface area (Å²) in [7, 11) is 0. The number of fused-ring (bicyclic) bond motifs is 2. The van der Waals surface area contributed by atoms with Crippen LogP contribution in [-0.4, -0.2) is 31.0 Å². The minimum atomic E-state index is -0.308. The molecule has 2 N–H and O–H groups in total. The van der Waals surface area contributed by atoms with Gasteiger partial charge in [-0.25, -0.2) is 4.79 Å². The van der Waals surface area contributed by atoms with E-state index in [9.17, 15) is 4.79 Å². The molecule has 4 rings (SSSR count). The van der Waals surface area contributed by atoms with E-state index in [4.69, 9.17) is 14.2 Å². The monoisotopic (exact) mass is 351 g/mol. The minimum Gasteiger partial charge on any atom is -0.492 e. The number of aromatic nitrogens is 1. The van der Waals surface area contributed by atoms with E-state index in [1.54, 1.807) is 24.4 Å². The molecule has 2 heterocycles. The van der Waals surface area contributed by atoms with Crippen molar-refractivity contribution in [2.45, 2.75) is 0 Å². The molecule has 0 fully saturated rings. The molecule has 132 valence electrons. The number of rotatable bonds is 5. The van der Waals surface area contributed by atoms with Crippen LogP contribution in [0.3, 0.4) is 0 Å². The van der Waals surface area contributed by atoms with Gasteiger partial charge in [0.25, 0.3) is 0 Å². The van der Waals surface area contributed by atoms with E-state index in [0.29, 0.717) is 36.1 Å². The Morgan fingerprint density at radius 3 is 2.96 bits per heavy atom. The Morgan fingerprint density at radius 2 is 2.00 bits per heavy atom. The van der Waals surface area contributed by atoms with Gasteiger partial charge in [0.05, 0.1) is 17.7 Å². The van der Waals surface area contributed by atoms with E-state index < -0.39 is 0 Å². The first-order valence-electron chi connectivity index (χ1n) is 8.21. The Labute approximate surface area is 149 Å². The van der Waals surface area contributed by atoms with Crippen molar-refractivity contribution in [1.29, 1.82) is 0 Å². The standard InChI is InChI=1S/C19H17N3O4/c23-19(22-15-5-1-3-13-4-2-8-20-18(13)15)21-9-10-24-14-6-7-16-17(11-14)26-12-25-16/h1-8,11H,9-10,12H2,(H2,21,22,23). The molecule has 26 heavy (non-hydrogen) atoms. The third-order valence-electron chi connectivity index (χ3n) is 3.88. The van der Waals surface area contributed by atoms with Crippen LogP contribution in [0.4, 0.5) is 10.5 Å². The number of pyridine rings is 1. The van der Waals surface area contributed by atoms with Crippen LogP contribution in [0, 0.1) is 0 Å². The second-order valence-corrected chi connectivity index (χ2v) is 5.63. The van der Waals surface area contributed by atoms with Gasteiger partial charge in [-0.3, -0.25) is 4.98 Å². The lowest BCUT2D eigenvalue weighted by molar-refractivity contribution is 0.173. The van der Waals surface area contributed by atoms with Crippen molar-refractivity contribution in [3.63, 3.8) is 0 Å². The summed E-state index contributed by atoms with van der Waals surface area (Å²) in [6.07, 6.45) is 1.70. The van der Waals surface area contributed by atoms with Gasteiger partial charge in [0.2, 0.25) is 6.79 Å². The fourth-order valence-electron chi connectivity index (χ4n) is 2.67. The van der Waals surface area contributed by atoms with Gasteiger partial charge >= 0.3 is 6.03 Å². The maximum atomic E-state index is 12.1. The van der Waals surface area contributed by atoms with Crippen LogP contribution >= 0.6 is 0 Å². The first kappa shape index (κ1) is 16.0. The Bertz CT molecular complexity index is 940. The summed E-state index contributed by atoms with van der Waals surface area (Å²) in [4.78, 5) is 16.4. The lowest BCUT2D eigenvalue weighted by Gasteiger charge is -2.10. The molecule has 7 nitrogen and oxygen atoms in total. The smallest absolute Gasteiger partial charge is 0.319 e. The maximum Gasteiger partial charge on any atom is 0.319 e. The maximum absolute atomic E-state index is 12.1. The Kier molecular flexibility index (Phi) is 4.42. The number of nitrogens with one attached hydrogen (secondary N) is 2. The second kappa shape index (κ2) is 7.18. The summed E-state index contributed by atoms with van der Waals surface area (Å²) in [6.45, 7) is 0.920. The van der Waals surface area contributed by atoms with Crippen LogP contribution in [-0.2, 0) is 0 Å². The third-order valence-corrected chi connectivity index (χ3v) is 3.88. The van der Waals surface area contributed by atoms with E-state index in [1.165, 1.54) is 0 Å². The summed E-state index contributed by atoms with van der Waals surface area (Å²) >= 11 is 0. The van der Waals surface area contributed by atoms with Gasteiger partial charge in [-0.15, -0.1) is 0 Å². The number of hydrogen-bond acceptors (Lipinski definition) is 5. The number of carbonyl (C=O) groups excluding carboxylic acids is 1. The van der Waals surface area contributed by atoms with Crippen LogP contribution in [0.2, 0.25) is 0 Å². The second-order valence-electron chi connectivity index (χ2n) is 5.63. The number of ether oxygens (including phenoxy) is 3. The van der Waals surface area contributed by atoms with Crippen molar-refractivity contribution >= 4 is 22.6 Å². The summed E-state index contributed by atoms with van der Waals surface area (Å²) in [5, 5.41) is 6.54. The van der Waals surface area contributed by atoms with Crippen LogP contribution < -0.4 is 24.8 Å². The van der Waals surface area contributed by atoms with Crippen molar-refractivity contribution < 1.29 is 19.0 Å². The first-order valence-corrected chi connectivity index (χ1v) is 8.21. The molecule has 3 aromatic rings. The van der Waals surface area contributed by atoms with Crippen LogP contribution in [0.25, 0.3) is 10.9 Å². The highest BCUT2D eigenvalue weighted by Crippen LogP contribution is 2.34. The summed E-state index contributed by atoms with van der Waals surface area (Å²) in [5.41, 5.74) is 1.42. The first-order chi connectivity index (χ1) is 12.8. The Hall–Kier alpha value is -3.48. The molecule has 0 aliphatic carbocycles. The van der Waals surface area contributed by atoms with Crippen molar-refractivity contribution in [3.8, 4) is 17.2 Å². The molecule has 1 aromatic heterocycles. The van der Waals surface area contributed by atoms with Gasteiger partial charge in [-0.1, -0.05) is 18.2 Å². The summed E-state index contributed by atoms with van der Waals surface area (Å²) < 4.78 is 16.2. The number of benzene rings is 2. The Balaban J connectivity index is 1.28. The molecule has 7 heteroatoms. The molecule has 0 atom stereocenters. The number of para-hydroxylation sites is 1. The summed E-state index contributed by atoms with van der Waals surface area (Å²) in [5.74, 6) is 2.03.